The van der Waals surface area contributed by atoms with Gasteiger partial charge in [0.15, 0.2) is 5.78 Å². The van der Waals surface area contributed by atoms with Crippen LogP contribution in [0.3, 0.4) is 0 Å². The van der Waals surface area contributed by atoms with Gasteiger partial charge < -0.3 is 5.32 Å². The number of ketones is 1. The lowest BCUT2D eigenvalue weighted by Gasteiger charge is -2.06. The van der Waals surface area contributed by atoms with Gasteiger partial charge in [-0.2, -0.15) is 0 Å². The van der Waals surface area contributed by atoms with Crippen molar-refractivity contribution in [3.05, 3.63) is 29.6 Å². The molecule has 0 unspecified atom stereocenters. The number of hydrogen-bond donors (Lipinski definition) is 1. The third-order valence-electron chi connectivity index (χ3n) is 2.20. The minimum absolute atomic E-state index is 0.0222. The van der Waals surface area contributed by atoms with E-state index < -0.39 is 0 Å². The largest absolute Gasteiger partial charge is 0.345 e. The highest BCUT2D eigenvalue weighted by Crippen LogP contribution is 2.01. The zero-order valence-corrected chi connectivity index (χ0v) is 9.78. The molecule has 1 aromatic rings. The first-order chi connectivity index (χ1) is 7.50. The Balaban J connectivity index is 2.57. The molecule has 0 aliphatic carbocycles. The number of nitrogens with one attached hydrogen (secondary N) is 1. The molecule has 1 N–H and O–H groups in total. The molecule has 0 bridgehead atoms. The fourth-order valence-corrected chi connectivity index (χ4v) is 1.15. The minimum atomic E-state index is -0.259. The van der Waals surface area contributed by atoms with Crippen molar-refractivity contribution in [3.8, 4) is 0 Å². The Morgan fingerprint density at radius 2 is 2.06 bits per heavy atom. The minimum Gasteiger partial charge on any atom is -0.345 e. The molecule has 0 aliphatic heterocycles. The van der Waals surface area contributed by atoms with E-state index in [2.05, 4.69) is 10.3 Å². The highest BCUT2D eigenvalue weighted by molar-refractivity contribution is 5.96. The Labute approximate surface area is 95.1 Å². The molecule has 86 valence electrons. The van der Waals surface area contributed by atoms with Crippen LogP contribution in [0.15, 0.2) is 18.5 Å². The fraction of sp³-hybridized carbons (Fsp3) is 0.417. The topological polar surface area (TPSA) is 59.1 Å². The van der Waals surface area contributed by atoms with Crippen molar-refractivity contribution in [2.75, 3.05) is 6.54 Å². The molecule has 4 nitrogen and oxygen atoms in total. The standard InChI is InChI=1S/C12H16N2O2/c1-8(2)11(15)7-14-12(16)10-4-9(3)5-13-6-10/h4-6,8H,7H2,1-3H3,(H,14,16). The molecule has 0 saturated heterocycles. The summed E-state index contributed by atoms with van der Waals surface area (Å²) >= 11 is 0. The van der Waals surface area contributed by atoms with E-state index in [-0.39, 0.29) is 24.2 Å². The van der Waals surface area contributed by atoms with Crippen LogP contribution in [0, 0.1) is 12.8 Å². The molecule has 4 heteroatoms. The van der Waals surface area contributed by atoms with Gasteiger partial charge in [-0.3, -0.25) is 14.6 Å². The summed E-state index contributed by atoms with van der Waals surface area (Å²) in [4.78, 5) is 26.9. The van der Waals surface area contributed by atoms with E-state index in [4.69, 9.17) is 0 Å². The molecule has 0 fully saturated rings. The van der Waals surface area contributed by atoms with Gasteiger partial charge in [0, 0.05) is 18.3 Å². The molecular formula is C12H16N2O2. The Hall–Kier alpha value is -1.71. The normalized spacial score (nSPS) is 10.2. The number of rotatable bonds is 4. The second-order valence-corrected chi connectivity index (χ2v) is 4.05. The number of aromatic nitrogens is 1. The number of aryl methyl sites for hydroxylation is 1. The molecule has 0 spiro atoms. The van der Waals surface area contributed by atoms with Crippen LogP contribution in [-0.4, -0.2) is 23.2 Å². The lowest BCUT2D eigenvalue weighted by atomic mass is 10.1. The average Bonchev–Trinajstić information content (AvgIpc) is 2.25. The molecule has 1 amide bonds. The quantitative estimate of drug-likeness (QED) is 0.833. The van der Waals surface area contributed by atoms with Crippen molar-refractivity contribution in [2.45, 2.75) is 20.8 Å². The number of nitrogens with zero attached hydrogens (tertiary/aromatic N) is 1. The molecule has 0 saturated carbocycles. The van der Waals surface area contributed by atoms with Crippen LogP contribution in [0.1, 0.15) is 29.8 Å². The fourth-order valence-electron chi connectivity index (χ4n) is 1.15. The van der Waals surface area contributed by atoms with Crippen LogP contribution in [-0.2, 0) is 4.79 Å². The highest BCUT2D eigenvalue weighted by atomic mass is 16.2. The third kappa shape index (κ3) is 3.46. The second-order valence-electron chi connectivity index (χ2n) is 4.05. The van der Waals surface area contributed by atoms with Crippen molar-refractivity contribution >= 4 is 11.7 Å². The van der Waals surface area contributed by atoms with Gasteiger partial charge in [0.05, 0.1) is 12.1 Å². The zero-order valence-electron chi connectivity index (χ0n) is 9.78. The van der Waals surface area contributed by atoms with Crippen molar-refractivity contribution in [1.29, 1.82) is 0 Å². The summed E-state index contributed by atoms with van der Waals surface area (Å²) in [5.74, 6) is -0.296. The average molecular weight is 220 g/mol. The SMILES string of the molecule is Cc1cncc(C(=O)NCC(=O)C(C)C)c1. The molecule has 1 heterocycles. The lowest BCUT2D eigenvalue weighted by Crippen LogP contribution is -2.31. The third-order valence-corrected chi connectivity index (χ3v) is 2.20. The van der Waals surface area contributed by atoms with Gasteiger partial charge in [-0.25, -0.2) is 0 Å². The van der Waals surface area contributed by atoms with Gasteiger partial charge in [-0.1, -0.05) is 13.8 Å². The maximum Gasteiger partial charge on any atom is 0.253 e. The van der Waals surface area contributed by atoms with Gasteiger partial charge in [0.1, 0.15) is 0 Å². The van der Waals surface area contributed by atoms with Gasteiger partial charge in [0.25, 0.3) is 5.91 Å². The highest BCUT2D eigenvalue weighted by Gasteiger charge is 2.10. The van der Waals surface area contributed by atoms with E-state index in [1.165, 1.54) is 6.20 Å². The van der Waals surface area contributed by atoms with Crippen LogP contribution >= 0.6 is 0 Å². The van der Waals surface area contributed by atoms with E-state index in [1.54, 1.807) is 12.3 Å². The summed E-state index contributed by atoms with van der Waals surface area (Å²) in [5.41, 5.74) is 1.40. The van der Waals surface area contributed by atoms with Crippen LogP contribution in [0.2, 0.25) is 0 Å². The lowest BCUT2D eigenvalue weighted by molar-refractivity contribution is -0.120. The Bertz CT molecular complexity index is 400. The number of amides is 1. The van der Waals surface area contributed by atoms with E-state index in [0.717, 1.165) is 5.56 Å². The zero-order chi connectivity index (χ0) is 12.1. The van der Waals surface area contributed by atoms with Crippen molar-refractivity contribution in [3.63, 3.8) is 0 Å². The molecule has 0 atom stereocenters. The van der Waals surface area contributed by atoms with E-state index in [9.17, 15) is 9.59 Å². The van der Waals surface area contributed by atoms with Crippen molar-refractivity contribution in [2.24, 2.45) is 5.92 Å². The maximum atomic E-state index is 11.6. The van der Waals surface area contributed by atoms with Crippen LogP contribution in [0.25, 0.3) is 0 Å². The first-order valence-corrected chi connectivity index (χ1v) is 5.23. The van der Waals surface area contributed by atoms with Gasteiger partial charge in [-0.15, -0.1) is 0 Å². The van der Waals surface area contributed by atoms with Gasteiger partial charge in [-0.05, 0) is 18.6 Å². The summed E-state index contributed by atoms with van der Waals surface area (Å²) in [6, 6.07) is 1.74. The van der Waals surface area contributed by atoms with Gasteiger partial charge in [0.2, 0.25) is 0 Å². The van der Waals surface area contributed by atoms with Crippen LogP contribution < -0.4 is 5.32 Å². The molecule has 0 aliphatic rings. The van der Waals surface area contributed by atoms with Crippen LogP contribution in [0.5, 0.6) is 0 Å². The predicted molar refractivity (Wildman–Crippen MR) is 61.2 cm³/mol. The van der Waals surface area contributed by atoms with Crippen molar-refractivity contribution < 1.29 is 9.59 Å². The smallest absolute Gasteiger partial charge is 0.253 e. The number of pyridine rings is 1. The summed E-state index contributed by atoms with van der Waals surface area (Å²) in [6.45, 7) is 5.55. The first kappa shape index (κ1) is 12.4. The Kier molecular flexibility index (Phi) is 4.17. The molecule has 1 aromatic heterocycles. The first-order valence-electron chi connectivity index (χ1n) is 5.23. The number of carbonyl (C=O) groups is 2. The summed E-state index contributed by atoms with van der Waals surface area (Å²) in [6.07, 6.45) is 3.16. The number of hydrogen-bond acceptors (Lipinski definition) is 3. The van der Waals surface area contributed by atoms with E-state index in [1.807, 2.05) is 20.8 Å². The predicted octanol–water partition coefficient (Wildman–Crippen LogP) is 1.34. The van der Waals surface area contributed by atoms with E-state index >= 15 is 0 Å². The maximum absolute atomic E-state index is 11.6. The Morgan fingerprint density at radius 1 is 1.38 bits per heavy atom. The molecular weight excluding hydrogens is 204 g/mol. The van der Waals surface area contributed by atoms with Crippen molar-refractivity contribution in [1.82, 2.24) is 10.3 Å². The molecule has 0 aromatic carbocycles. The summed E-state index contributed by atoms with van der Waals surface area (Å²) in [5, 5.41) is 2.58. The molecule has 0 radical (unpaired) electrons. The van der Waals surface area contributed by atoms with Gasteiger partial charge >= 0.3 is 0 Å². The molecule has 16 heavy (non-hydrogen) atoms. The summed E-state index contributed by atoms with van der Waals surface area (Å²) in [7, 11) is 0. The Morgan fingerprint density at radius 3 is 2.62 bits per heavy atom. The number of Topliss-reactive ketones (excluding diaryl/α,β-unsaturated/α-hetero) is 1. The van der Waals surface area contributed by atoms with Crippen LogP contribution in [0.4, 0.5) is 0 Å². The monoisotopic (exact) mass is 220 g/mol. The second kappa shape index (κ2) is 5.39. The summed E-state index contributed by atoms with van der Waals surface area (Å²) < 4.78 is 0. The number of carbonyl (C=O) groups excluding carboxylic acids is 2. The molecule has 1 rings (SSSR count). The van der Waals surface area contributed by atoms with E-state index in [0.29, 0.717) is 5.56 Å².